The van der Waals surface area contributed by atoms with E-state index in [0.29, 0.717) is 50.5 Å². The van der Waals surface area contributed by atoms with Crippen LogP contribution in [0.4, 0.5) is 0 Å². The molecule has 8 nitrogen and oxygen atoms in total. The van der Waals surface area contributed by atoms with E-state index < -0.39 is 6.04 Å². The Morgan fingerprint density at radius 1 is 0.902 bits per heavy atom. The molecule has 2 aliphatic heterocycles. The lowest BCUT2D eigenvalue weighted by molar-refractivity contribution is -0.135. The van der Waals surface area contributed by atoms with Crippen molar-refractivity contribution in [1.29, 1.82) is 0 Å². The third-order valence-corrected chi connectivity index (χ3v) is 8.24. The minimum atomic E-state index is -0.526. The molecule has 0 bridgehead atoms. The number of hydrogen-bond donors (Lipinski definition) is 1. The zero-order chi connectivity index (χ0) is 28.8. The first-order valence-electron chi connectivity index (χ1n) is 14.3. The van der Waals surface area contributed by atoms with Gasteiger partial charge in [0.1, 0.15) is 17.5 Å². The molecule has 2 amide bonds. The Bertz CT molecular complexity index is 1360. The number of methoxy groups -OCH3 is 2. The number of hydrogen-bond acceptors (Lipinski definition) is 6. The molecule has 2 aliphatic rings. The summed E-state index contributed by atoms with van der Waals surface area (Å²) in [5.41, 5.74) is 4.11. The van der Waals surface area contributed by atoms with Crippen molar-refractivity contribution < 1.29 is 19.1 Å². The second-order valence-corrected chi connectivity index (χ2v) is 10.9. The molecule has 5 rings (SSSR count). The molecular formula is C33H40N4O4. The van der Waals surface area contributed by atoms with Gasteiger partial charge in [0.15, 0.2) is 0 Å². The third-order valence-electron chi connectivity index (χ3n) is 8.24. The fraction of sp³-hybridized carbons (Fsp3) is 0.394. The van der Waals surface area contributed by atoms with E-state index in [0.717, 1.165) is 24.4 Å². The van der Waals surface area contributed by atoms with Crippen LogP contribution in [0, 0.1) is 6.92 Å². The maximum absolute atomic E-state index is 14.0. The number of benzene rings is 3. The topological polar surface area (TPSA) is 74.4 Å². The summed E-state index contributed by atoms with van der Waals surface area (Å²) in [6, 6.07) is 23.2. The molecule has 3 aromatic rings. The zero-order valence-corrected chi connectivity index (χ0v) is 24.2. The van der Waals surface area contributed by atoms with Gasteiger partial charge in [-0.3, -0.25) is 14.5 Å². The van der Waals surface area contributed by atoms with Crippen LogP contribution in [0.25, 0.3) is 0 Å². The predicted octanol–water partition coefficient (Wildman–Crippen LogP) is 3.73. The van der Waals surface area contributed by atoms with Crippen molar-refractivity contribution in [3.8, 4) is 11.5 Å². The molecule has 3 aromatic carbocycles. The van der Waals surface area contributed by atoms with Gasteiger partial charge < -0.3 is 24.6 Å². The van der Waals surface area contributed by atoms with E-state index in [2.05, 4.69) is 53.5 Å². The molecule has 8 heteroatoms. The number of nitrogens with zero attached hydrogens (tertiary/aromatic N) is 3. The molecule has 2 saturated heterocycles. The highest BCUT2D eigenvalue weighted by Crippen LogP contribution is 2.30. The van der Waals surface area contributed by atoms with E-state index in [1.165, 1.54) is 11.1 Å². The van der Waals surface area contributed by atoms with Gasteiger partial charge in [-0.05, 0) is 60.4 Å². The predicted molar refractivity (Wildman–Crippen MR) is 159 cm³/mol. The molecule has 216 valence electrons. The van der Waals surface area contributed by atoms with Gasteiger partial charge in [0.05, 0.1) is 14.2 Å². The largest absolute Gasteiger partial charge is 0.497 e. The van der Waals surface area contributed by atoms with Crippen LogP contribution < -0.4 is 14.8 Å². The lowest BCUT2D eigenvalue weighted by atomic mass is 10.0. The molecule has 1 N–H and O–H groups in total. The Morgan fingerprint density at radius 2 is 1.61 bits per heavy atom. The highest BCUT2D eigenvalue weighted by molar-refractivity contribution is 5.98. The number of ether oxygens (including phenoxy) is 2. The molecule has 2 heterocycles. The van der Waals surface area contributed by atoms with Crippen LogP contribution in [0.5, 0.6) is 11.5 Å². The van der Waals surface area contributed by atoms with Crippen LogP contribution >= 0.6 is 0 Å². The van der Waals surface area contributed by atoms with Gasteiger partial charge in [-0.1, -0.05) is 42.5 Å². The van der Waals surface area contributed by atoms with Gasteiger partial charge in [0.2, 0.25) is 5.91 Å². The van der Waals surface area contributed by atoms with E-state index in [9.17, 15) is 9.59 Å². The van der Waals surface area contributed by atoms with E-state index in [4.69, 9.17) is 9.47 Å². The Hall–Kier alpha value is -3.88. The standard InChI is InChI=1S/C33H40N4O4/c1-24-8-4-5-10-27(24)22-36(21-25-9-6-12-29(18-25)40-2)28-20-31(33(39)35-16-14-34-15-17-35)37(23-28)32(38)26-11-7-13-30(19-26)41-3/h4-13,18-19,28,31,34H,14-17,20-23H2,1-3H3. The summed E-state index contributed by atoms with van der Waals surface area (Å²) in [4.78, 5) is 34.0. The maximum Gasteiger partial charge on any atom is 0.254 e. The van der Waals surface area contributed by atoms with E-state index in [1.54, 1.807) is 31.3 Å². The van der Waals surface area contributed by atoms with Gasteiger partial charge in [-0.15, -0.1) is 0 Å². The Labute approximate surface area is 242 Å². The number of aryl methyl sites for hydroxylation is 1. The summed E-state index contributed by atoms with van der Waals surface area (Å²) in [7, 11) is 3.27. The first-order valence-corrected chi connectivity index (χ1v) is 14.3. The Kier molecular flexibility index (Phi) is 9.21. The fourth-order valence-electron chi connectivity index (χ4n) is 5.88. The van der Waals surface area contributed by atoms with Crippen molar-refractivity contribution in [2.75, 3.05) is 46.9 Å². The second kappa shape index (κ2) is 13.2. The van der Waals surface area contributed by atoms with Crippen molar-refractivity contribution in [2.45, 2.75) is 38.5 Å². The normalized spacial score (nSPS) is 18.9. The molecule has 0 aliphatic carbocycles. The van der Waals surface area contributed by atoms with E-state index in [-0.39, 0.29) is 17.9 Å². The number of amides is 2. The zero-order valence-electron chi connectivity index (χ0n) is 24.2. The molecule has 2 fully saturated rings. The van der Waals surface area contributed by atoms with Crippen LogP contribution in [-0.4, -0.2) is 85.5 Å². The summed E-state index contributed by atoms with van der Waals surface area (Å²) in [6.07, 6.45) is 0.578. The van der Waals surface area contributed by atoms with Crippen molar-refractivity contribution >= 4 is 11.8 Å². The van der Waals surface area contributed by atoms with Crippen LogP contribution in [0.1, 0.15) is 33.5 Å². The lowest BCUT2D eigenvalue weighted by Crippen LogP contribution is -2.53. The Balaban J connectivity index is 1.47. The first kappa shape index (κ1) is 28.6. The SMILES string of the molecule is COc1cccc(CN(Cc2ccccc2C)C2CC(C(=O)N3CCNCC3)N(C(=O)c3cccc(OC)c3)C2)c1. The molecule has 2 unspecified atom stereocenters. The molecule has 2 atom stereocenters. The molecular weight excluding hydrogens is 516 g/mol. The number of carbonyl (C=O) groups excluding carboxylic acids is 2. The minimum Gasteiger partial charge on any atom is -0.497 e. The van der Waals surface area contributed by atoms with E-state index >= 15 is 0 Å². The van der Waals surface area contributed by atoms with Gasteiger partial charge in [0.25, 0.3) is 5.91 Å². The summed E-state index contributed by atoms with van der Waals surface area (Å²) >= 11 is 0. The van der Waals surface area contributed by atoms with Crippen LogP contribution in [0.15, 0.2) is 72.8 Å². The van der Waals surface area contributed by atoms with Crippen molar-refractivity contribution in [3.05, 3.63) is 95.1 Å². The summed E-state index contributed by atoms with van der Waals surface area (Å²) in [5.74, 6) is 1.32. The summed E-state index contributed by atoms with van der Waals surface area (Å²) in [5, 5.41) is 3.32. The van der Waals surface area contributed by atoms with Crippen molar-refractivity contribution in [3.63, 3.8) is 0 Å². The van der Waals surface area contributed by atoms with Gasteiger partial charge >= 0.3 is 0 Å². The molecule has 41 heavy (non-hydrogen) atoms. The van der Waals surface area contributed by atoms with Crippen LogP contribution in [0.3, 0.4) is 0 Å². The fourth-order valence-corrected chi connectivity index (χ4v) is 5.88. The summed E-state index contributed by atoms with van der Waals surface area (Å²) in [6.45, 7) is 6.81. The van der Waals surface area contributed by atoms with Crippen LogP contribution in [-0.2, 0) is 17.9 Å². The number of carbonyl (C=O) groups is 2. The van der Waals surface area contributed by atoms with Crippen molar-refractivity contribution in [2.24, 2.45) is 0 Å². The molecule has 0 aromatic heterocycles. The third kappa shape index (κ3) is 6.72. The monoisotopic (exact) mass is 556 g/mol. The quantitative estimate of drug-likeness (QED) is 0.433. The van der Waals surface area contributed by atoms with Gasteiger partial charge in [-0.2, -0.15) is 0 Å². The number of likely N-dealkylation sites (tertiary alicyclic amines) is 1. The lowest BCUT2D eigenvalue weighted by Gasteiger charge is -2.32. The highest BCUT2D eigenvalue weighted by Gasteiger charge is 2.43. The molecule has 0 saturated carbocycles. The van der Waals surface area contributed by atoms with Crippen molar-refractivity contribution in [1.82, 2.24) is 20.0 Å². The first-order chi connectivity index (χ1) is 20.0. The summed E-state index contributed by atoms with van der Waals surface area (Å²) < 4.78 is 10.9. The average molecular weight is 557 g/mol. The minimum absolute atomic E-state index is 0.00719. The second-order valence-electron chi connectivity index (χ2n) is 10.9. The van der Waals surface area contributed by atoms with Gasteiger partial charge in [-0.25, -0.2) is 0 Å². The van der Waals surface area contributed by atoms with Gasteiger partial charge in [0, 0.05) is 57.4 Å². The number of nitrogens with one attached hydrogen (secondary N) is 1. The van der Waals surface area contributed by atoms with Crippen LogP contribution in [0.2, 0.25) is 0 Å². The number of piperazine rings is 1. The number of rotatable bonds is 9. The van der Waals surface area contributed by atoms with E-state index in [1.807, 2.05) is 29.2 Å². The molecule has 0 spiro atoms. The molecule has 0 radical (unpaired) electrons. The average Bonchev–Trinajstić information content (AvgIpc) is 3.47. The maximum atomic E-state index is 14.0. The smallest absolute Gasteiger partial charge is 0.254 e. The highest BCUT2D eigenvalue weighted by atomic mass is 16.5. The Morgan fingerprint density at radius 3 is 2.34 bits per heavy atom.